The lowest BCUT2D eigenvalue weighted by Gasteiger charge is -2.33. The van der Waals surface area contributed by atoms with Crippen molar-refractivity contribution < 1.29 is 14.3 Å². The molecule has 1 aromatic carbocycles. The summed E-state index contributed by atoms with van der Waals surface area (Å²) in [5.41, 5.74) is 1.43. The zero-order chi connectivity index (χ0) is 20.6. The molecule has 2 aromatic rings. The Bertz CT molecular complexity index is 814. The van der Waals surface area contributed by atoms with Gasteiger partial charge in [-0.05, 0) is 25.1 Å². The minimum absolute atomic E-state index is 0.0741. The van der Waals surface area contributed by atoms with Gasteiger partial charge >= 0.3 is 5.97 Å². The molecule has 156 valence electrons. The van der Waals surface area contributed by atoms with Crippen molar-refractivity contribution in [1.29, 1.82) is 0 Å². The first kappa shape index (κ1) is 21.5. The number of thiophene rings is 1. The van der Waals surface area contributed by atoms with E-state index in [4.69, 9.17) is 4.74 Å². The molecule has 1 amide bonds. The van der Waals surface area contributed by atoms with Crippen LogP contribution >= 0.6 is 11.3 Å². The molecule has 1 fully saturated rings. The SMILES string of the molecule is CCOC(=O)c1cc(-c2ccccc2)sc1NC(=O)CCN1CCN(CC)CC1. The molecule has 0 saturated carbocycles. The summed E-state index contributed by atoms with van der Waals surface area (Å²) in [7, 11) is 0. The highest BCUT2D eigenvalue weighted by atomic mass is 32.1. The number of hydrogen-bond acceptors (Lipinski definition) is 6. The lowest BCUT2D eigenvalue weighted by Crippen LogP contribution is -2.46. The van der Waals surface area contributed by atoms with E-state index < -0.39 is 5.97 Å². The van der Waals surface area contributed by atoms with Crippen molar-refractivity contribution in [2.24, 2.45) is 0 Å². The van der Waals surface area contributed by atoms with E-state index >= 15 is 0 Å². The second-order valence-electron chi connectivity index (χ2n) is 7.01. The van der Waals surface area contributed by atoms with Gasteiger partial charge in [0, 0.05) is 44.0 Å². The standard InChI is InChI=1S/C22H29N3O3S/c1-3-24-12-14-25(15-13-24)11-10-20(26)23-21-18(22(27)28-4-2)16-19(29-21)17-8-6-5-7-9-17/h5-9,16H,3-4,10-15H2,1-2H3,(H,23,26). The van der Waals surface area contributed by atoms with Crippen molar-refractivity contribution in [2.75, 3.05) is 51.2 Å². The van der Waals surface area contributed by atoms with Gasteiger partial charge in [-0.15, -0.1) is 11.3 Å². The average Bonchev–Trinajstić information content (AvgIpc) is 3.17. The Hall–Kier alpha value is -2.22. The van der Waals surface area contributed by atoms with Gasteiger partial charge < -0.3 is 19.9 Å². The minimum atomic E-state index is -0.406. The van der Waals surface area contributed by atoms with Gasteiger partial charge in [0.15, 0.2) is 0 Å². The molecular weight excluding hydrogens is 386 g/mol. The van der Waals surface area contributed by atoms with Crippen LogP contribution in [0.3, 0.4) is 0 Å². The highest BCUT2D eigenvalue weighted by Gasteiger charge is 2.21. The topological polar surface area (TPSA) is 61.9 Å². The van der Waals surface area contributed by atoms with Crippen molar-refractivity contribution in [3.63, 3.8) is 0 Å². The van der Waals surface area contributed by atoms with Gasteiger partial charge in [0.2, 0.25) is 5.91 Å². The summed E-state index contributed by atoms with van der Waals surface area (Å²) in [5, 5.41) is 3.50. The smallest absolute Gasteiger partial charge is 0.341 e. The Morgan fingerprint density at radius 1 is 1.07 bits per heavy atom. The summed E-state index contributed by atoms with van der Waals surface area (Å²) in [6.07, 6.45) is 0.410. The highest BCUT2D eigenvalue weighted by molar-refractivity contribution is 7.20. The van der Waals surface area contributed by atoms with Gasteiger partial charge in [0.1, 0.15) is 5.00 Å². The normalized spacial score (nSPS) is 15.2. The summed E-state index contributed by atoms with van der Waals surface area (Å²) in [6, 6.07) is 11.6. The second-order valence-corrected chi connectivity index (χ2v) is 8.07. The minimum Gasteiger partial charge on any atom is -0.462 e. The molecule has 6 nitrogen and oxygen atoms in total. The largest absolute Gasteiger partial charge is 0.462 e. The molecule has 0 radical (unpaired) electrons. The number of hydrogen-bond donors (Lipinski definition) is 1. The van der Waals surface area contributed by atoms with E-state index in [0.29, 0.717) is 23.6 Å². The van der Waals surface area contributed by atoms with Crippen LogP contribution < -0.4 is 5.32 Å². The predicted molar refractivity (Wildman–Crippen MR) is 118 cm³/mol. The number of amides is 1. The lowest BCUT2D eigenvalue weighted by molar-refractivity contribution is -0.116. The maximum absolute atomic E-state index is 12.6. The molecule has 0 bridgehead atoms. The summed E-state index contributed by atoms with van der Waals surface area (Å²) in [5.74, 6) is -0.480. The fraction of sp³-hybridized carbons (Fsp3) is 0.455. The van der Waals surface area contributed by atoms with Crippen LogP contribution in [0.1, 0.15) is 30.6 Å². The Labute approximate surface area is 176 Å². The van der Waals surface area contributed by atoms with E-state index in [-0.39, 0.29) is 5.91 Å². The number of likely N-dealkylation sites (N-methyl/N-ethyl adjacent to an activating group) is 1. The molecule has 1 saturated heterocycles. The predicted octanol–water partition coefficient (Wildman–Crippen LogP) is 3.56. The number of ether oxygens (including phenoxy) is 1. The van der Waals surface area contributed by atoms with E-state index in [1.165, 1.54) is 11.3 Å². The van der Waals surface area contributed by atoms with E-state index in [1.54, 1.807) is 13.0 Å². The van der Waals surface area contributed by atoms with Gasteiger partial charge in [0.25, 0.3) is 0 Å². The molecular formula is C22H29N3O3S. The Morgan fingerprint density at radius 2 is 1.76 bits per heavy atom. The Kier molecular flexibility index (Phi) is 7.80. The maximum Gasteiger partial charge on any atom is 0.341 e. The van der Waals surface area contributed by atoms with E-state index in [0.717, 1.165) is 49.7 Å². The maximum atomic E-state index is 12.6. The van der Waals surface area contributed by atoms with Gasteiger partial charge in [0.05, 0.1) is 12.2 Å². The molecule has 0 spiro atoms. The lowest BCUT2D eigenvalue weighted by atomic mass is 10.1. The average molecular weight is 416 g/mol. The molecule has 3 rings (SSSR count). The molecule has 2 heterocycles. The Morgan fingerprint density at radius 3 is 2.41 bits per heavy atom. The van der Waals surface area contributed by atoms with Crippen molar-refractivity contribution in [2.45, 2.75) is 20.3 Å². The van der Waals surface area contributed by atoms with Crippen LogP contribution in [0.15, 0.2) is 36.4 Å². The number of rotatable bonds is 8. The van der Waals surface area contributed by atoms with Gasteiger partial charge in [-0.1, -0.05) is 37.3 Å². The number of carbonyl (C=O) groups excluding carboxylic acids is 2. The van der Waals surface area contributed by atoms with Crippen molar-refractivity contribution in [1.82, 2.24) is 9.80 Å². The van der Waals surface area contributed by atoms with Crippen LogP contribution in [0, 0.1) is 0 Å². The number of piperazine rings is 1. The van der Waals surface area contributed by atoms with Crippen LogP contribution in [0.5, 0.6) is 0 Å². The summed E-state index contributed by atoms with van der Waals surface area (Å²) >= 11 is 1.41. The van der Waals surface area contributed by atoms with Crippen molar-refractivity contribution >= 4 is 28.2 Å². The molecule has 0 atom stereocenters. The third kappa shape index (κ3) is 5.88. The quantitative estimate of drug-likeness (QED) is 0.668. The number of benzene rings is 1. The van der Waals surface area contributed by atoms with E-state index in [2.05, 4.69) is 22.0 Å². The van der Waals surface area contributed by atoms with Gasteiger partial charge in [-0.3, -0.25) is 4.79 Å². The highest BCUT2D eigenvalue weighted by Crippen LogP contribution is 2.36. The number of nitrogens with one attached hydrogen (secondary N) is 1. The molecule has 7 heteroatoms. The fourth-order valence-corrected chi connectivity index (χ4v) is 4.43. The van der Waals surface area contributed by atoms with Crippen LogP contribution in [0.2, 0.25) is 0 Å². The summed E-state index contributed by atoms with van der Waals surface area (Å²) in [6.45, 7) is 10.1. The van der Waals surface area contributed by atoms with E-state index in [9.17, 15) is 9.59 Å². The summed E-state index contributed by atoms with van der Waals surface area (Å²) < 4.78 is 5.18. The molecule has 0 aliphatic carbocycles. The fourth-order valence-electron chi connectivity index (χ4n) is 3.37. The first-order valence-electron chi connectivity index (χ1n) is 10.2. The molecule has 1 N–H and O–H groups in total. The monoisotopic (exact) mass is 415 g/mol. The first-order valence-corrected chi connectivity index (χ1v) is 11.0. The third-order valence-corrected chi connectivity index (χ3v) is 6.21. The molecule has 29 heavy (non-hydrogen) atoms. The zero-order valence-corrected chi connectivity index (χ0v) is 18.0. The molecule has 0 unspecified atom stereocenters. The second kappa shape index (κ2) is 10.5. The number of carbonyl (C=O) groups is 2. The van der Waals surface area contributed by atoms with Crippen LogP contribution in [0.25, 0.3) is 10.4 Å². The third-order valence-electron chi connectivity index (χ3n) is 5.11. The molecule has 1 aliphatic heterocycles. The summed E-state index contributed by atoms with van der Waals surface area (Å²) in [4.78, 5) is 30.6. The number of anilines is 1. The number of esters is 1. The van der Waals surface area contributed by atoms with Crippen LogP contribution in [-0.4, -0.2) is 67.6 Å². The first-order chi connectivity index (χ1) is 14.1. The van der Waals surface area contributed by atoms with Crippen LogP contribution in [0.4, 0.5) is 5.00 Å². The van der Waals surface area contributed by atoms with Crippen molar-refractivity contribution in [3.05, 3.63) is 42.0 Å². The molecule has 1 aromatic heterocycles. The zero-order valence-electron chi connectivity index (χ0n) is 17.1. The van der Waals surface area contributed by atoms with E-state index in [1.807, 2.05) is 30.3 Å². The van der Waals surface area contributed by atoms with Gasteiger partial charge in [-0.2, -0.15) is 0 Å². The Balaban J connectivity index is 1.64. The molecule has 1 aliphatic rings. The van der Waals surface area contributed by atoms with Crippen LogP contribution in [-0.2, 0) is 9.53 Å². The van der Waals surface area contributed by atoms with Gasteiger partial charge in [-0.25, -0.2) is 4.79 Å². The van der Waals surface area contributed by atoms with Crippen molar-refractivity contribution in [3.8, 4) is 10.4 Å². The number of nitrogens with zero attached hydrogens (tertiary/aromatic N) is 2.